The number of rotatable bonds is 8. The Labute approximate surface area is 323 Å². The minimum absolute atomic E-state index is 0.00304. The van der Waals surface area contributed by atoms with Gasteiger partial charge >= 0.3 is 11.9 Å². The van der Waals surface area contributed by atoms with Gasteiger partial charge in [0.1, 0.15) is 12.2 Å². The SMILES string of the molecule is CC(C)C1=C2[C@H]3CC[C@@H]4[C@@]5(C)CC[C@H](OC(=O)CC(C)(C)C(=O)O)C(C)(C)[C@@H]5CC[C@@]4(C)[C@]3(C)CC[C@@]2([C@H](O)c2nnc(-c3ncc(Cl)cn3)o2)CC1=O. The molecule has 2 aromatic heterocycles. The van der Waals surface area contributed by atoms with E-state index in [1.807, 2.05) is 0 Å². The third kappa shape index (κ3) is 5.63. The molecule has 0 spiro atoms. The molecular formula is C42H57ClN4O7. The van der Waals surface area contributed by atoms with Crippen LogP contribution in [0.1, 0.15) is 139 Å². The summed E-state index contributed by atoms with van der Waals surface area (Å²) in [5.74, 6) is -0.120. The number of ketones is 1. The molecule has 12 heteroatoms. The van der Waals surface area contributed by atoms with Gasteiger partial charge in [-0.2, -0.15) is 0 Å². The summed E-state index contributed by atoms with van der Waals surface area (Å²) in [5, 5.41) is 30.8. The molecule has 0 unspecified atom stereocenters. The average molecular weight is 765 g/mol. The second kappa shape index (κ2) is 12.9. The minimum atomic E-state index is -1.19. The minimum Gasteiger partial charge on any atom is -0.481 e. The van der Waals surface area contributed by atoms with E-state index in [4.69, 9.17) is 20.8 Å². The first kappa shape index (κ1) is 39.1. The fraction of sp³-hybridized carbons (Fsp3) is 0.738. The van der Waals surface area contributed by atoms with Gasteiger partial charge in [-0.1, -0.05) is 60.1 Å². The van der Waals surface area contributed by atoms with Crippen LogP contribution in [0.5, 0.6) is 0 Å². The lowest BCUT2D eigenvalue weighted by Gasteiger charge is -2.72. The van der Waals surface area contributed by atoms with E-state index >= 15 is 0 Å². The van der Waals surface area contributed by atoms with Crippen molar-refractivity contribution >= 4 is 29.3 Å². The molecule has 7 rings (SSSR count). The zero-order chi connectivity index (χ0) is 39.4. The Morgan fingerprint density at radius 1 is 0.963 bits per heavy atom. The van der Waals surface area contributed by atoms with Crippen molar-refractivity contribution in [2.45, 2.75) is 139 Å². The molecule has 2 heterocycles. The summed E-state index contributed by atoms with van der Waals surface area (Å²) >= 11 is 5.99. The summed E-state index contributed by atoms with van der Waals surface area (Å²) in [7, 11) is 0. The Balaban J connectivity index is 1.19. The molecule has 4 fully saturated rings. The first-order chi connectivity index (χ1) is 25.1. The van der Waals surface area contributed by atoms with Crippen LogP contribution < -0.4 is 0 Å². The molecule has 0 amide bonds. The number of hydrogen-bond acceptors (Lipinski definition) is 10. The number of halogens is 1. The molecule has 2 aromatic rings. The summed E-state index contributed by atoms with van der Waals surface area (Å²) in [4.78, 5) is 47.4. The van der Waals surface area contributed by atoms with Gasteiger partial charge in [-0.05, 0) is 116 Å². The number of hydrogen-bond donors (Lipinski definition) is 2. The van der Waals surface area contributed by atoms with Crippen molar-refractivity contribution in [3.63, 3.8) is 0 Å². The van der Waals surface area contributed by atoms with Crippen LogP contribution in [0.2, 0.25) is 5.02 Å². The van der Waals surface area contributed by atoms with Crippen molar-refractivity contribution in [3.05, 3.63) is 34.5 Å². The van der Waals surface area contributed by atoms with E-state index in [0.717, 1.165) is 56.1 Å². The Morgan fingerprint density at radius 3 is 2.30 bits per heavy atom. The summed E-state index contributed by atoms with van der Waals surface area (Å²) in [6.45, 7) is 19.2. The van der Waals surface area contributed by atoms with Gasteiger partial charge in [0.25, 0.3) is 5.89 Å². The third-order valence-corrected chi connectivity index (χ3v) is 16.1. The van der Waals surface area contributed by atoms with E-state index in [-0.39, 0.29) is 75.8 Å². The van der Waals surface area contributed by atoms with Crippen molar-refractivity contribution < 1.29 is 33.8 Å². The van der Waals surface area contributed by atoms with Crippen molar-refractivity contribution in [2.75, 3.05) is 0 Å². The second-order valence-corrected chi connectivity index (χ2v) is 20.1. The molecular weight excluding hydrogens is 708 g/mol. The highest BCUT2D eigenvalue weighted by molar-refractivity contribution is 6.30. The number of carboxylic acids is 1. The Kier molecular flexibility index (Phi) is 9.36. The maximum atomic E-state index is 14.1. The lowest BCUT2D eigenvalue weighted by Crippen LogP contribution is -2.66. The fourth-order valence-corrected chi connectivity index (χ4v) is 13.0. The van der Waals surface area contributed by atoms with Gasteiger partial charge in [-0.25, -0.2) is 9.97 Å². The molecule has 5 aliphatic carbocycles. The lowest BCUT2D eigenvalue weighted by molar-refractivity contribution is -0.235. The monoisotopic (exact) mass is 764 g/mol. The number of ether oxygens (including phenoxy) is 1. The van der Waals surface area contributed by atoms with E-state index in [1.54, 1.807) is 13.8 Å². The van der Waals surface area contributed by atoms with Crippen molar-refractivity contribution in [3.8, 4) is 11.7 Å². The van der Waals surface area contributed by atoms with Crippen LogP contribution >= 0.6 is 11.6 Å². The topological polar surface area (TPSA) is 166 Å². The smallest absolute Gasteiger partial charge is 0.309 e. The summed E-state index contributed by atoms with van der Waals surface area (Å²) < 4.78 is 12.2. The molecule has 0 radical (unpaired) electrons. The van der Waals surface area contributed by atoms with Gasteiger partial charge in [0.2, 0.25) is 11.7 Å². The van der Waals surface area contributed by atoms with Crippen LogP contribution in [0.4, 0.5) is 0 Å². The number of carboxylic acid groups (broad SMARTS) is 1. The fourth-order valence-electron chi connectivity index (χ4n) is 12.9. The summed E-state index contributed by atoms with van der Waals surface area (Å²) in [6.07, 6.45) is 8.62. The number of esters is 1. The highest BCUT2D eigenvalue weighted by Gasteiger charge is 2.71. The van der Waals surface area contributed by atoms with E-state index in [9.17, 15) is 24.6 Å². The number of allylic oxidation sites excluding steroid dienone is 1. The standard InChI is InChI=1S/C42H57ClN4O7/c1-22(2)30-25(48)18-42(32(50)34-46-47-35(54-34)33-44-20-23(43)21-45-33)17-16-40(8)24(31(30)42)10-11-27-39(7)14-13-28(53-29(49)19-37(3,4)36(51)52)38(5,6)26(39)12-15-41(27,40)9/h20-22,24,26-28,32,50H,10-19H2,1-9H3,(H,51,52)/t24-,26+,27-,28+,32-,39+,40-,41-,42-/m1/s1. The third-order valence-electron chi connectivity index (χ3n) is 15.9. The van der Waals surface area contributed by atoms with Crippen LogP contribution in [-0.4, -0.2) is 54.2 Å². The van der Waals surface area contributed by atoms with E-state index in [0.29, 0.717) is 23.3 Å². The number of carbonyl (C=O) groups excluding carboxylic acids is 2. The van der Waals surface area contributed by atoms with Gasteiger partial charge in [0.15, 0.2) is 5.78 Å². The molecule has 294 valence electrons. The van der Waals surface area contributed by atoms with Crippen LogP contribution in [0.3, 0.4) is 0 Å². The van der Waals surface area contributed by atoms with Crippen molar-refractivity contribution in [1.82, 2.24) is 20.2 Å². The van der Waals surface area contributed by atoms with Gasteiger partial charge in [0.05, 0.1) is 16.9 Å². The number of nitrogens with zero attached hydrogens (tertiary/aromatic N) is 4. The van der Waals surface area contributed by atoms with E-state index in [1.165, 1.54) is 12.4 Å². The number of fused-ring (bicyclic) bond motifs is 7. The second-order valence-electron chi connectivity index (χ2n) is 19.6. The first-order valence-electron chi connectivity index (χ1n) is 19.8. The molecule has 0 aromatic carbocycles. The number of Topliss-reactive ketones (excluding diaryl/α,β-unsaturated/α-hetero) is 1. The average Bonchev–Trinajstić information content (AvgIpc) is 3.69. The molecule has 11 nitrogen and oxygen atoms in total. The van der Waals surface area contributed by atoms with Gasteiger partial charge in [-0.15, -0.1) is 10.2 Å². The zero-order valence-corrected chi connectivity index (χ0v) is 34.0. The number of aliphatic hydroxyl groups is 1. The van der Waals surface area contributed by atoms with Crippen molar-refractivity contribution in [2.24, 2.45) is 56.2 Å². The lowest BCUT2D eigenvalue weighted by atomic mass is 9.33. The largest absolute Gasteiger partial charge is 0.481 e. The molecule has 0 saturated heterocycles. The normalized spacial score (nSPS) is 36.6. The molecule has 54 heavy (non-hydrogen) atoms. The molecule has 0 bridgehead atoms. The first-order valence-corrected chi connectivity index (χ1v) is 20.2. The maximum absolute atomic E-state index is 14.1. The number of aliphatic carboxylic acids is 1. The van der Waals surface area contributed by atoms with Crippen molar-refractivity contribution in [1.29, 1.82) is 0 Å². The van der Waals surface area contributed by atoms with E-state index < -0.39 is 28.9 Å². The summed E-state index contributed by atoms with van der Waals surface area (Å²) in [5.41, 5.74) is -0.490. The Bertz CT molecular complexity index is 1890. The van der Waals surface area contributed by atoms with Crippen LogP contribution in [-0.2, 0) is 19.1 Å². The Hall–Kier alpha value is -3.18. The Morgan fingerprint density at radius 2 is 1.65 bits per heavy atom. The highest BCUT2D eigenvalue weighted by Crippen LogP contribution is 2.77. The summed E-state index contributed by atoms with van der Waals surface area (Å²) in [6, 6.07) is 0. The molecule has 5 aliphatic rings. The van der Waals surface area contributed by atoms with Crippen LogP contribution in [0.25, 0.3) is 11.7 Å². The number of aliphatic hydroxyl groups excluding tert-OH is 1. The molecule has 2 N–H and O–H groups in total. The molecule has 4 saturated carbocycles. The zero-order valence-electron chi connectivity index (χ0n) is 33.3. The highest BCUT2D eigenvalue weighted by atomic mass is 35.5. The number of carbonyl (C=O) groups is 3. The van der Waals surface area contributed by atoms with E-state index in [2.05, 4.69) is 68.6 Å². The maximum Gasteiger partial charge on any atom is 0.309 e. The van der Waals surface area contributed by atoms with Gasteiger partial charge < -0.3 is 19.4 Å². The molecule has 9 atom stereocenters. The van der Waals surface area contributed by atoms with Crippen LogP contribution in [0.15, 0.2) is 28.0 Å². The molecule has 0 aliphatic heterocycles. The van der Waals surface area contributed by atoms with Crippen LogP contribution in [0, 0.1) is 56.2 Å². The predicted molar refractivity (Wildman–Crippen MR) is 201 cm³/mol. The number of aromatic nitrogens is 4. The predicted octanol–water partition coefficient (Wildman–Crippen LogP) is 8.61. The quantitative estimate of drug-likeness (QED) is 0.247. The van der Waals surface area contributed by atoms with Gasteiger partial charge in [-0.3, -0.25) is 14.4 Å². The van der Waals surface area contributed by atoms with Gasteiger partial charge in [0, 0.05) is 29.6 Å².